The van der Waals surface area contributed by atoms with Crippen molar-refractivity contribution < 1.29 is 22.0 Å². The minimum absolute atomic E-state index is 0. The van der Waals surface area contributed by atoms with E-state index in [4.69, 9.17) is 19.2 Å². The summed E-state index contributed by atoms with van der Waals surface area (Å²) >= 11 is 0. The van der Waals surface area contributed by atoms with Crippen LogP contribution in [-0.4, -0.2) is 55.7 Å². The largest absolute Gasteiger partial charge is 2.00 e. The molecular weight excluding hydrogens is 128 g/mol. The van der Waals surface area contributed by atoms with Gasteiger partial charge in [0.25, 0.3) is 0 Å². The van der Waals surface area contributed by atoms with Gasteiger partial charge < -0.3 is 22.0 Å². The van der Waals surface area contributed by atoms with Crippen LogP contribution < -0.4 is 0 Å². The van der Waals surface area contributed by atoms with E-state index in [1.54, 1.807) is 0 Å². The van der Waals surface area contributed by atoms with Crippen LogP contribution in [0.1, 0.15) is 2.85 Å². The molecule has 0 amide bonds. The summed E-state index contributed by atoms with van der Waals surface area (Å²) in [5.41, 5.74) is 0. The fourth-order valence-corrected chi connectivity index (χ4v) is 0. The Morgan fingerprint density at radius 2 is 1.00 bits per heavy atom. The molecule has 4 nitrogen and oxygen atoms in total. The molecule has 0 fully saturated rings. The molecule has 7 heteroatoms. The van der Waals surface area contributed by atoms with Gasteiger partial charge in [0.05, 0.1) is 0 Å². The smallest absolute Gasteiger partial charge is 1.00 e. The van der Waals surface area contributed by atoms with Crippen LogP contribution in [0.4, 0.5) is 0 Å². The first-order valence-electron chi connectivity index (χ1n) is 0.894. The fraction of sp³-hybridized carbons (Fsp3) is 0. The summed E-state index contributed by atoms with van der Waals surface area (Å²) in [5.74, 6) is 0. The molecule has 0 rings (SSSR count). The summed E-state index contributed by atoms with van der Waals surface area (Å²) in [6.07, 6.45) is 0. The quantitative estimate of drug-likeness (QED) is 0.257. The second-order valence-corrected chi connectivity index (χ2v) is 1.80. The van der Waals surface area contributed by atoms with E-state index in [1.165, 1.54) is 0 Å². The third-order valence-corrected chi connectivity index (χ3v) is 0. The van der Waals surface area contributed by atoms with Crippen molar-refractivity contribution in [2.45, 2.75) is 0 Å². The number of hydrogen-bond donors (Lipinski definition) is 4. The van der Waals surface area contributed by atoms with E-state index in [1.807, 2.05) is 0 Å². The third kappa shape index (κ3) is 266. The van der Waals surface area contributed by atoms with Gasteiger partial charge in [-0.1, -0.05) is 0 Å². The summed E-state index contributed by atoms with van der Waals surface area (Å²) in [4.78, 5) is 29.3. The Morgan fingerprint density at radius 3 is 1.00 bits per heavy atom. The minimum atomic E-state index is -4.61. The van der Waals surface area contributed by atoms with E-state index in [2.05, 4.69) is 0 Å². The van der Waals surface area contributed by atoms with Crippen molar-refractivity contribution in [3.8, 4) is 0 Å². The molecule has 0 aliphatic rings. The van der Waals surface area contributed by atoms with Gasteiger partial charge in [-0.2, -0.15) is 0 Å². The molecule has 0 radical (unpaired) electrons. The van der Waals surface area contributed by atoms with Crippen molar-refractivity contribution in [3.63, 3.8) is 0 Å². The Bertz CT molecular complexity index is 34.0. The zero-order chi connectivity index (χ0) is 4.50. The van der Waals surface area contributed by atoms with Crippen molar-refractivity contribution >= 4 is 36.5 Å². The van der Waals surface area contributed by atoms with Crippen LogP contribution in [0.3, 0.4) is 0 Å². The van der Waals surface area contributed by atoms with Gasteiger partial charge in [0.2, 0.25) is 0 Å². The maximum absolute atomic E-state index is 7.33. The average Bonchev–Trinajstić information content (AvgIpc) is 0.722. The van der Waals surface area contributed by atoms with Gasteiger partial charge >= 0.3 is 19.2 Å². The predicted octanol–water partition coefficient (Wildman–Crippen LogP) is -3.95. The molecule has 0 aromatic carbocycles. The maximum Gasteiger partial charge on any atom is 2.00 e. The summed E-state index contributed by atoms with van der Waals surface area (Å²) in [6, 6.07) is 0. The Balaban J connectivity index is -0.0000000133. The Morgan fingerprint density at radius 1 is 1.00 bits per heavy atom. The predicted molar refractivity (Wildman–Crippen MR) is 32.5 cm³/mol. The minimum Gasteiger partial charge on any atom is -1.00 e. The molecule has 0 aliphatic heterocycles. The van der Waals surface area contributed by atoms with Gasteiger partial charge in [-0.25, -0.2) is 0 Å². The van der Waals surface area contributed by atoms with E-state index in [9.17, 15) is 0 Å². The van der Waals surface area contributed by atoms with Gasteiger partial charge in [0, 0.05) is 0 Å². The first kappa shape index (κ1) is 15.7. The van der Waals surface area contributed by atoms with Crippen molar-refractivity contribution in [2.24, 2.45) is 0 Å². The van der Waals surface area contributed by atoms with Crippen molar-refractivity contribution in [1.29, 1.82) is 0 Å². The van der Waals surface area contributed by atoms with Crippen LogP contribution in [0.15, 0.2) is 0 Å². The van der Waals surface area contributed by atoms with Crippen molar-refractivity contribution in [3.05, 3.63) is 0 Å². The maximum atomic E-state index is 7.33. The van der Waals surface area contributed by atoms with Crippen molar-refractivity contribution in [1.82, 2.24) is 0 Å². The Labute approximate surface area is 59.2 Å². The van der Waals surface area contributed by atoms with E-state index in [0.29, 0.717) is 0 Å². The average molecular weight is 137 g/mol. The van der Waals surface area contributed by atoms with Gasteiger partial charge in [-0.05, 0) is 0 Å². The van der Waals surface area contributed by atoms with Gasteiger partial charge in [0.15, 0.2) is 17.4 Å². The van der Waals surface area contributed by atoms with Crippen LogP contribution in [0, 0.1) is 0 Å². The number of rotatable bonds is 0. The van der Waals surface area contributed by atoms with E-state index in [-0.39, 0.29) is 30.3 Å². The Kier molecular flexibility index (Phi) is 11.0. The van der Waals surface area contributed by atoms with Crippen LogP contribution in [0.25, 0.3) is 0 Å². The zero-order valence-electron chi connectivity index (χ0n) is 5.00. The molecule has 0 bridgehead atoms. The van der Waals surface area contributed by atoms with E-state index in [0.717, 1.165) is 0 Å². The molecular formula is H9AlBeO4Si. The standard InChI is InChI=1S/Al.Be.H4O4Si.5H/c;;1-5(2,3)4;;;;;/h;;1-4H;;;;;/q;+2;;;;;2*-1. The summed E-state index contributed by atoms with van der Waals surface area (Å²) < 4.78 is 0. The summed E-state index contributed by atoms with van der Waals surface area (Å²) in [6.45, 7) is 0. The Hall–Kier alpha value is 0.758. The molecule has 0 atom stereocenters. The zero-order valence-corrected chi connectivity index (χ0v) is 4.00. The molecule has 0 aliphatic carbocycles. The summed E-state index contributed by atoms with van der Waals surface area (Å²) in [5, 5.41) is 0. The van der Waals surface area contributed by atoms with E-state index >= 15 is 0 Å². The third-order valence-electron chi connectivity index (χ3n) is 0. The monoisotopic (exact) mass is 137 g/mol. The van der Waals surface area contributed by atoms with Crippen LogP contribution in [0.5, 0.6) is 0 Å². The normalized spacial score (nSPS) is 8.57. The van der Waals surface area contributed by atoms with Crippen LogP contribution >= 0.6 is 0 Å². The molecule has 7 heavy (non-hydrogen) atoms. The first-order chi connectivity index (χ1) is 2.00. The molecule has 0 aromatic rings. The summed E-state index contributed by atoms with van der Waals surface area (Å²) in [7, 11) is -4.61. The molecule has 0 spiro atoms. The van der Waals surface area contributed by atoms with Gasteiger partial charge in [0.1, 0.15) is 0 Å². The molecule has 0 unspecified atom stereocenters. The molecule has 42 valence electrons. The second-order valence-electron chi connectivity index (χ2n) is 0.600. The van der Waals surface area contributed by atoms with Gasteiger partial charge in [-0.3, -0.25) is 0 Å². The first-order valence-corrected chi connectivity index (χ1v) is 2.68. The van der Waals surface area contributed by atoms with Gasteiger partial charge in [-0.15, -0.1) is 0 Å². The fourth-order valence-electron chi connectivity index (χ4n) is 0. The SMILES string of the molecule is O[Si](O)(O)O.[AlH3].[Be+2].[H-].[H-]. The molecule has 0 aromatic heterocycles. The number of hydrogen-bond acceptors (Lipinski definition) is 4. The molecule has 4 N–H and O–H groups in total. The molecule has 0 heterocycles. The van der Waals surface area contributed by atoms with Crippen molar-refractivity contribution in [2.75, 3.05) is 0 Å². The second kappa shape index (κ2) is 4.91. The molecule has 0 saturated carbocycles. The van der Waals surface area contributed by atoms with Crippen LogP contribution in [-0.2, 0) is 0 Å². The van der Waals surface area contributed by atoms with Crippen LogP contribution in [0.2, 0.25) is 0 Å². The topological polar surface area (TPSA) is 80.9 Å². The van der Waals surface area contributed by atoms with E-state index < -0.39 is 9.05 Å². The molecule has 0 saturated heterocycles.